The van der Waals surface area contributed by atoms with Crippen molar-refractivity contribution in [1.82, 2.24) is 19.8 Å². The lowest BCUT2D eigenvalue weighted by atomic mass is 10.1. The summed E-state index contributed by atoms with van der Waals surface area (Å²) in [5.74, 6) is -4.07. The molecule has 102 valence electrons. The van der Waals surface area contributed by atoms with Crippen LogP contribution < -0.4 is 4.90 Å². The smallest absolute Gasteiger partial charge is 0.343 e. The van der Waals surface area contributed by atoms with E-state index in [0.29, 0.717) is 4.52 Å². The van der Waals surface area contributed by atoms with Crippen LogP contribution in [0.25, 0.3) is 5.65 Å². The van der Waals surface area contributed by atoms with Crippen LogP contribution in [0.5, 0.6) is 0 Å². The topological polar surface area (TPSA) is 46.3 Å². The van der Waals surface area contributed by atoms with Crippen LogP contribution in [0.2, 0.25) is 0 Å². The SMILES string of the molecule is FC1(F)CN(c2ccc3nnc(C(F)(F)F)n3n2)C1. The highest BCUT2D eigenvalue weighted by Gasteiger charge is 2.45. The van der Waals surface area contributed by atoms with E-state index in [1.807, 2.05) is 0 Å². The van der Waals surface area contributed by atoms with E-state index >= 15 is 0 Å². The molecule has 1 aliphatic rings. The average Bonchev–Trinajstić information content (AvgIpc) is 2.67. The van der Waals surface area contributed by atoms with E-state index in [1.165, 1.54) is 17.0 Å². The van der Waals surface area contributed by atoms with E-state index in [4.69, 9.17) is 0 Å². The van der Waals surface area contributed by atoms with E-state index in [1.54, 1.807) is 0 Å². The van der Waals surface area contributed by atoms with Gasteiger partial charge in [-0.05, 0) is 12.1 Å². The molecule has 2 aromatic heterocycles. The molecule has 0 spiro atoms. The number of rotatable bonds is 1. The van der Waals surface area contributed by atoms with Crippen LogP contribution in [-0.4, -0.2) is 38.8 Å². The summed E-state index contributed by atoms with van der Waals surface area (Å²) in [6.07, 6.45) is -4.70. The Bertz CT molecular complexity index is 625. The van der Waals surface area contributed by atoms with Gasteiger partial charge in [0.1, 0.15) is 5.82 Å². The molecule has 0 bridgehead atoms. The van der Waals surface area contributed by atoms with E-state index in [0.717, 1.165) is 0 Å². The maximum atomic E-state index is 12.7. The number of halogens is 5. The molecule has 3 heterocycles. The standard InChI is InChI=1S/C9H6F5N5/c10-8(11)3-18(4-8)6-2-1-5-15-16-7(9(12,13)14)19(5)17-6/h1-2H,3-4H2. The first-order valence-electron chi connectivity index (χ1n) is 5.19. The summed E-state index contributed by atoms with van der Waals surface area (Å²) >= 11 is 0. The summed E-state index contributed by atoms with van der Waals surface area (Å²) in [7, 11) is 0. The largest absolute Gasteiger partial charge is 0.453 e. The van der Waals surface area contributed by atoms with Crippen LogP contribution in [0.15, 0.2) is 12.1 Å². The van der Waals surface area contributed by atoms with E-state index in [2.05, 4.69) is 15.3 Å². The second-order valence-electron chi connectivity index (χ2n) is 4.19. The van der Waals surface area contributed by atoms with Crippen molar-refractivity contribution in [3.8, 4) is 0 Å². The minimum Gasteiger partial charge on any atom is -0.343 e. The van der Waals surface area contributed by atoms with Gasteiger partial charge >= 0.3 is 6.18 Å². The summed E-state index contributed by atoms with van der Waals surface area (Å²) in [5, 5.41) is 9.97. The molecule has 1 aliphatic heterocycles. The minimum absolute atomic E-state index is 0.0312. The van der Waals surface area contributed by atoms with Crippen molar-refractivity contribution >= 4 is 11.5 Å². The first-order valence-corrected chi connectivity index (χ1v) is 5.19. The summed E-state index contributed by atoms with van der Waals surface area (Å²) in [4.78, 5) is 1.18. The van der Waals surface area contributed by atoms with Crippen LogP contribution in [0.1, 0.15) is 5.82 Å². The normalized spacial score (nSPS) is 18.7. The van der Waals surface area contributed by atoms with Gasteiger partial charge in [-0.15, -0.1) is 15.3 Å². The third kappa shape index (κ3) is 1.96. The molecule has 0 N–H and O–H groups in total. The van der Waals surface area contributed by atoms with Crippen LogP contribution in [0, 0.1) is 0 Å². The molecule has 2 aromatic rings. The zero-order valence-electron chi connectivity index (χ0n) is 9.19. The summed E-state index contributed by atoms with van der Waals surface area (Å²) in [6, 6.07) is 2.58. The quantitative estimate of drug-likeness (QED) is 0.744. The van der Waals surface area contributed by atoms with Gasteiger partial charge in [0.2, 0.25) is 0 Å². The van der Waals surface area contributed by atoms with Gasteiger partial charge in [-0.1, -0.05) is 0 Å². The van der Waals surface area contributed by atoms with Crippen LogP contribution in [-0.2, 0) is 6.18 Å². The predicted molar refractivity (Wildman–Crippen MR) is 52.9 cm³/mol. The number of alkyl halides is 5. The molecule has 19 heavy (non-hydrogen) atoms. The molecule has 0 radical (unpaired) electrons. The molecule has 1 fully saturated rings. The zero-order valence-corrected chi connectivity index (χ0v) is 9.19. The molecule has 5 nitrogen and oxygen atoms in total. The molecule has 10 heteroatoms. The Morgan fingerprint density at radius 2 is 1.79 bits per heavy atom. The number of anilines is 1. The van der Waals surface area contributed by atoms with Gasteiger partial charge in [0.25, 0.3) is 11.7 Å². The third-order valence-corrected chi connectivity index (χ3v) is 2.67. The van der Waals surface area contributed by atoms with Crippen molar-refractivity contribution in [1.29, 1.82) is 0 Å². The molecule has 0 aliphatic carbocycles. The second-order valence-corrected chi connectivity index (χ2v) is 4.19. The Morgan fingerprint density at radius 1 is 1.11 bits per heavy atom. The molecule has 3 rings (SSSR count). The molecule has 1 saturated heterocycles. The highest BCUT2D eigenvalue weighted by Crippen LogP contribution is 2.32. The van der Waals surface area contributed by atoms with E-state index < -0.39 is 31.0 Å². The number of fused-ring (bicyclic) bond motifs is 1. The molecule has 0 amide bonds. The Labute approximate surface area is 102 Å². The highest BCUT2D eigenvalue weighted by molar-refractivity contribution is 5.48. The van der Waals surface area contributed by atoms with Gasteiger partial charge in [0.15, 0.2) is 5.65 Å². The van der Waals surface area contributed by atoms with Crippen molar-refractivity contribution in [2.24, 2.45) is 0 Å². The highest BCUT2D eigenvalue weighted by atomic mass is 19.4. The average molecular weight is 279 g/mol. The summed E-state index contributed by atoms with van der Waals surface area (Å²) in [5.41, 5.74) is -0.0941. The maximum Gasteiger partial charge on any atom is 0.453 e. The van der Waals surface area contributed by atoms with Crippen LogP contribution in [0.4, 0.5) is 27.8 Å². The van der Waals surface area contributed by atoms with Gasteiger partial charge in [-0.25, -0.2) is 8.78 Å². The van der Waals surface area contributed by atoms with Crippen molar-refractivity contribution < 1.29 is 22.0 Å². The molecule has 0 saturated carbocycles. The van der Waals surface area contributed by atoms with Crippen molar-refractivity contribution in [3.63, 3.8) is 0 Å². The van der Waals surface area contributed by atoms with Crippen molar-refractivity contribution in [3.05, 3.63) is 18.0 Å². The fraction of sp³-hybridized carbons (Fsp3) is 0.444. The molecular weight excluding hydrogens is 273 g/mol. The van der Waals surface area contributed by atoms with Gasteiger partial charge < -0.3 is 4.90 Å². The van der Waals surface area contributed by atoms with E-state index in [-0.39, 0.29) is 11.5 Å². The zero-order chi connectivity index (χ0) is 13.8. The van der Waals surface area contributed by atoms with Crippen LogP contribution >= 0.6 is 0 Å². The maximum absolute atomic E-state index is 12.7. The fourth-order valence-electron chi connectivity index (χ4n) is 1.80. The lowest BCUT2D eigenvalue weighted by molar-refractivity contribution is -0.146. The fourth-order valence-corrected chi connectivity index (χ4v) is 1.80. The Morgan fingerprint density at radius 3 is 2.37 bits per heavy atom. The van der Waals surface area contributed by atoms with Crippen LogP contribution in [0.3, 0.4) is 0 Å². The van der Waals surface area contributed by atoms with Gasteiger partial charge in [-0.2, -0.15) is 17.7 Å². The second kappa shape index (κ2) is 3.52. The first kappa shape index (κ1) is 12.1. The number of nitrogens with zero attached hydrogens (tertiary/aromatic N) is 5. The van der Waals surface area contributed by atoms with E-state index in [9.17, 15) is 22.0 Å². The first-order chi connectivity index (χ1) is 8.76. The lowest BCUT2D eigenvalue weighted by Gasteiger charge is -2.39. The molecule has 0 unspecified atom stereocenters. The van der Waals surface area contributed by atoms with Gasteiger partial charge in [0.05, 0.1) is 13.1 Å². The number of hydrogen-bond donors (Lipinski definition) is 0. The summed E-state index contributed by atoms with van der Waals surface area (Å²) in [6.45, 7) is -1.12. The Hall–Kier alpha value is -2.00. The molecular formula is C9H6F5N5. The summed E-state index contributed by atoms with van der Waals surface area (Å²) < 4.78 is 63.8. The number of hydrogen-bond acceptors (Lipinski definition) is 4. The lowest BCUT2D eigenvalue weighted by Crippen LogP contribution is -2.56. The van der Waals surface area contributed by atoms with Crippen molar-refractivity contribution in [2.75, 3.05) is 18.0 Å². The molecule has 0 aromatic carbocycles. The Balaban J connectivity index is 2.01. The van der Waals surface area contributed by atoms with Gasteiger partial charge in [-0.3, -0.25) is 0 Å². The number of aromatic nitrogens is 4. The Kier molecular flexibility index (Phi) is 2.23. The third-order valence-electron chi connectivity index (χ3n) is 2.67. The van der Waals surface area contributed by atoms with Crippen molar-refractivity contribution in [2.45, 2.75) is 12.1 Å². The minimum atomic E-state index is -4.70. The molecule has 0 atom stereocenters. The monoisotopic (exact) mass is 279 g/mol. The van der Waals surface area contributed by atoms with Gasteiger partial charge in [0, 0.05) is 0 Å². The predicted octanol–water partition coefficient (Wildman–Crippen LogP) is 1.60.